The number of hydrogen-bond donors (Lipinski definition) is 0. The second kappa shape index (κ2) is 21.2. The molecular formula is C35H39N7O2. The van der Waals surface area contributed by atoms with Gasteiger partial charge in [-0.15, -0.1) is 0 Å². The molecule has 0 aliphatic heterocycles. The molecule has 0 N–H and O–H groups in total. The summed E-state index contributed by atoms with van der Waals surface area (Å²) in [5.41, 5.74) is 5.96. The first-order valence-electron chi connectivity index (χ1n) is 13.8. The number of nitrogens with zero attached hydrogens (tertiary/aromatic N) is 7. The highest BCUT2D eigenvalue weighted by atomic mass is 16.5. The van der Waals surface area contributed by atoms with E-state index in [4.69, 9.17) is 0 Å². The number of benzene rings is 2. The van der Waals surface area contributed by atoms with Crippen LogP contribution in [0.4, 0.5) is 0 Å². The molecule has 5 heterocycles. The van der Waals surface area contributed by atoms with Gasteiger partial charge in [-0.2, -0.15) is 4.98 Å². The van der Waals surface area contributed by atoms with Crippen LogP contribution in [0.5, 0.6) is 0 Å². The van der Waals surface area contributed by atoms with Crippen LogP contribution in [-0.2, 0) is 0 Å². The fraction of sp³-hybridized carbons (Fsp3) is 0.171. The molecule has 7 aromatic rings. The van der Waals surface area contributed by atoms with Crippen LogP contribution in [0.3, 0.4) is 0 Å². The second-order valence-electron chi connectivity index (χ2n) is 9.40. The van der Waals surface area contributed by atoms with Crippen LogP contribution in [0, 0.1) is 41.5 Å². The largest absolute Gasteiger partial charge is 0.362 e. The van der Waals surface area contributed by atoms with Gasteiger partial charge in [0, 0.05) is 42.4 Å². The minimum Gasteiger partial charge on any atom is -0.362 e. The summed E-state index contributed by atoms with van der Waals surface area (Å²) >= 11 is 0. The minimum absolute atomic E-state index is 0.676. The fourth-order valence-corrected chi connectivity index (χ4v) is 3.02. The average molecular weight is 590 g/mol. The summed E-state index contributed by atoms with van der Waals surface area (Å²) in [6.07, 6.45) is 13.4. The number of para-hydroxylation sites is 1. The van der Waals surface area contributed by atoms with E-state index in [9.17, 15) is 0 Å². The maximum Gasteiger partial charge on any atom is 0.213 e. The van der Waals surface area contributed by atoms with Gasteiger partial charge in [-0.1, -0.05) is 64.4 Å². The van der Waals surface area contributed by atoms with E-state index in [2.05, 4.69) is 82.4 Å². The molecule has 226 valence electrons. The lowest BCUT2D eigenvalue weighted by molar-refractivity contribution is 0.397. The zero-order chi connectivity index (χ0) is 31.8. The number of hydrogen-bond acceptors (Lipinski definition) is 9. The third-order valence-corrected chi connectivity index (χ3v) is 5.24. The van der Waals surface area contributed by atoms with Gasteiger partial charge in [0.25, 0.3) is 0 Å². The Morgan fingerprint density at radius 2 is 1.20 bits per heavy atom. The Labute approximate surface area is 259 Å². The molecule has 0 aliphatic carbocycles. The molecule has 9 nitrogen and oxygen atoms in total. The van der Waals surface area contributed by atoms with E-state index in [-0.39, 0.29) is 0 Å². The molecule has 7 rings (SSSR count). The third kappa shape index (κ3) is 16.6. The van der Waals surface area contributed by atoms with Crippen molar-refractivity contribution in [1.82, 2.24) is 35.2 Å². The highest BCUT2D eigenvalue weighted by molar-refractivity contribution is 5.78. The van der Waals surface area contributed by atoms with Crippen LogP contribution in [-0.4, -0.2) is 35.2 Å². The van der Waals surface area contributed by atoms with Gasteiger partial charge in [0.1, 0.15) is 12.1 Å². The standard InChI is InChI=1S/C10H9N.C7H8.C6H7N.C5H6N2.C4H5NO.C3H4N2O/c1-8-6-9-4-2-3-5-10(9)11-7-8;1-7-5-3-2-4-6-7;1-6-2-4-7-5-3-6;1-5-2-6-4-7-3-5;1-4-2-3-5-6-4;1-3-4-2-6-5-3/h2-7H,1H3;2-6H,1H3;2-5H,1H3;2-4H,1H3;2-3H,1H3;2H,1H3. The monoisotopic (exact) mass is 589 g/mol. The first-order chi connectivity index (χ1) is 21.3. The minimum atomic E-state index is 0.676. The van der Waals surface area contributed by atoms with Gasteiger partial charge in [0.05, 0.1) is 11.7 Å². The van der Waals surface area contributed by atoms with Gasteiger partial charge in [-0.05, 0) is 82.5 Å². The van der Waals surface area contributed by atoms with Crippen molar-refractivity contribution < 1.29 is 9.05 Å². The van der Waals surface area contributed by atoms with Crippen molar-refractivity contribution in [1.29, 1.82) is 0 Å². The third-order valence-electron chi connectivity index (χ3n) is 5.24. The molecule has 0 radical (unpaired) electrons. The van der Waals surface area contributed by atoms with Gasteiger partial charge in [-0.3, -0.25) is 9.97 Å². The number of rotatable bonds is 0. The maximum absolute atomic E-state index is 4.58. The lowest BCUT2D eigenvalue weighted by Gasteiger charge is -1.95. The first kappa shape index (κ1) is 34.6. The quantitative estimate of drug-likeness (QED) is 0.173. The molecule has 0 bridgehead atoms. The van der Waals surface area contributed by atoms with Crippen LogP contribution in [0.25, 0.3) is 10.9 Å². The zero-order valence-corrected chi connectivity index (χ0v) is 26.1. The predicted octanol–water partition coefficient (Wildman–Crippen LogP) is 8.07. The highest BCUT2D eigenvalue weighted by Crippen LogP contribution is 2.11. The van der Waals surface area contributed by atoms with Crippen LogP contribution in [0.2, 0.25) is 0 Å². The van der Waals surface area contributed by atoms with E-state index in [1.807, 2.05) is 75.5 Å². The molecule has 0 atom stereocenters. The summed E-state index contributed by atoms with van der Waals surface area (Å²) in [5.74, 6) is 1.53. The van der Waals surface area contributed by atoms with Crippen molar-refractivity contribution in [2.75, 3.05) is 0 Å². The smallest absolute Gasteiger partial charge is 0.213 e. The summed E-state index contributed by atoms with van der Waals surface area (Å²) < 4.78 is 8.94. The Bertz CT molecular complexity index is 1520. The molecule has 0 saturated carbocycles. The number of aromatic nitrogens is 7. The Hall–Kier alpha value is -5.57. The van der Waals surface area contributed by atoms with Crippen molar-refractivity contribution in [3.05, 3.63) is 163 Å². The van der Waals surface area contributed by atoms with Gasteiger partial charge < -0.3 is 9.05 Å². The lowest BCUT2D eigenvalue weighted by atomic mass is 10.2. The normalized spacial score (nSPS) is 9.14. The van der Waals surface area contributed by atoms with Gasteiger partial charge in [0.2, 0.25) is 6.39 Å². The molecule has 0 unspecified atom stereocenters. The van der Waals surface area contributed by atoms with E-state index >= 15 is 0 Å². The Balaban J connectivity index is 0.000000187. The van der Waals surface area contributed by atoms with Crippen molar-refractivity contribution in [3.8, 4) is 0 Å². The Morgan fingerprint density at radius 3 is 1.61 bits per heavy atom. The average Bonchev–Trinajstić information content (AvgIpc) is 3.73. The van der Waals surface area contributed by atoms with Crippen molar-refractivity contribution >= 4 is 10.9 Å². The van der Waals surface area contributed by atoms with E-state index < -0.39 is 0 Å². The van der Waals surface area contributed by atoms with Crippen molar-refractivity contribution in [3.63, 3.8) is 0 Å². The number of aryl methyl sites for hydroxylation is 6. The lowest BCUT2D eigenvalue weighted by Crippen LogP contribution is -1.78. The topological polar surface area (TPSA) is 117 Å². The molecular weight excluding hydrogens is 550 g/mol. The predicted molar refractivity (Wildman–Crippen MR) is 174 cm³/mol. The second-order valence-corrected chi connectivity index (χ2v) is 9.40. The Kier molecular flexibility index (Phi) is 16.7. The summed E-state index contributed by atoms with van der Waals surface area (Å²) in [6.45, 7) is 11.8. The summed E-state index contributed by atoms with van der Waals surface area (Å²) in [4.78, 5) is 19.3. The van der Waals surface area contributed by atoms with E-state index in [1.54, 1.807) is 44.0 Å². The van der Waals surface area contributed by atoms with Crippen molar-refractivity contribution in [2.24, 2.45) is 0 Å². The summed E-state index contributed by atoms with van der Waals surface area (Å²) in [7, 11) is 0. The van der Waals surface area contributed by atoms with E-state index in [0.717, 1.165) is 16.8 Å². The molecule has 0 aliphatic rings. The maximum atomic E-state index is 4.58. The highest BCUT2D eigenvalue weighted by Gasteiger charge is 1.91. The number of fused-ring (bicyclic) bond motifs is 1. The molecule has 0 spiro atoms. The molecule has 0 fully saturated rings. The van der Waals surface area contributed by atoms with Crippen LogP contribution in [0.15, 0.2) is 138 Å². The summed E-state index contributed by atoms with van der Waals surface area (Å²) in [6, 6.07) is 26.3. The van der Waals surface area contributed by atoms with Crippen LogP contribution < -0.4 is 0 Å². The van der Waals surface area contributed by atoms with Gasteiger partial charge >= 0.3 is 0 Å². The SMILES string of the molecule is Cc1ccccc1.Cc1ccncc1.Cc1ccno1.Cc1cnc2ccccc2c1.Cc1cncnc1.Cc1ncon1. The van der Waals surface area contributed by atoms with Crippen LogP contribution in [0.1, 0.15) is 33.8 Å². The molecule has 0 amide bonds. The Morgan fingerprint density at radius 1 is 0.545 bits per heavy atom. The molecule has 9 heteroatoms. The van der Waals surface area contributed by atoms with Crippen molar-refractivity contribution in [2.45, 2.75) is 41.5 Å². The van der Waals surface area contributed by atoms with E-state index in [1.165, 1.54) is 34.8 Å². The van der Waals surface area contributed by atoms with Gasteiger partial charge in [0.15, 0.2) is 5.82 Å². The molecule has 44 heavy (non-hydrogen) atoms. The molecule has 0 saturated heterocycles. The van der Waals surface area contributed by atoms with Crippen LogP contribution >= 0.6 is 0 Å². The number of pyridine rings is 2. The molecule has 2 aromatic carbocycles. The zero-order valence-electron chi connectivity index (χ0n) is 26.1. The summed E-state index contributed by atoms with van der Waals surface area (Å²) in [5, 5.41) is 8.09. The van der Waals surface area contributed by atoms with Gasteiger partial charge in [-0.25, -0.2) is 9.97 Å². The van der Waals surface area contributed by atoms with E-state index in [0.29, 0.717) is 5.82 Å². The molecule has 5 aromatic heterocycles. The fourth-order valence-electron chi connectivity index (χ4n) is 3.02. The first-order valence-corrected chi connectivity index (χ1v) is 13.8.